The molecule has 0 radical (unpaired) electrons. The van der Waals surface area contributed by atoms with Crippen molar-refractivity contribution in [1.82, 2.24) is 9.55 Å². The second kappa shape index (κ2) is 7.08. The van der Waals surface area contributed by atoms with E-state index in [-0.39, 0.29) is 12.2 Å². The van der Waals surface area contributed by atoms with Gasteiger partial charge in [-0.2, -0.15) is 0 Å². The zero-order chi connectivity index (χ0) is 19.7. The van der Waals surface area contributed by atoms with Gasteiger partial charge in [-0.3, -0.25) is 19.5 Å². The monoisotopic (exact) mass is 396 g/mol. The van der Waals surface area contributed by atoms with Gasteiger partial charge in [-0.1, -0.05) is 12.1 Å². The lowest BCUT2D eigenvalue weighted by atomic mass is 10.1. The van der Waals surface area contributed by atoms with E-state index in [1.807, 2.05) is 0 Å². The van der Waals surface area contributed by atoms with Gasteiger partial charge in [-0.25, -0.2) is 9.78 Å². The Morgan fingerprint density at radius 1 is 1.21 bits per heavy atom. The highest BCUT2D eigenvalue weighted by atomic mass is 32.1. The number of hydrogen-bond donors (Lipinski definition) is 1. The molecule has 0 aliphatic heterocycles. The highest BCUT2D eigenvalue weighted by Crippen LogP contribution is 2.26. The fourth-order valence-corrected chi connectivity index (χ4v) is 3.42. The maximum absolute atomic E-state index is 12.3. The SMILES string of the molecule is O=C(Cn1c(=O)oc2ccccc21)Nc1nc(-c2ccc([N+](=O)[O-])cc2)cs1. The summed E-state index contributed by atoms with van der Waals surface area (Å²) in [6.45, 7) is -0.206. The zero-order valence-corrected chi connectivity index (χ0v) is 15.0. The third kappa shape index (κ3) is 3.40. The molecule has 0 saturated heterocycles. The Bertz CT molecular complexity index is 1240. The van der Waals surface area contributed by atoms with Crippen molar-refractivity contribution in [3.8, 4) is 11.3 Å². The van der Waals surface area contributed by atoms with Gasteiger partial charge in [0.15, 0.2) is 10.7 Å². The van der Waals surface area contributed by atoms with E-state index < -0.39 is 16.6 Å². The van der Waals surface area contributed by atoms with Crippen molar-refractivity contribution in [3.05, 3.63) is 74.6 Å². The van der Waals surface area contributed by atoms with Crippen molar-refractivity contribution in [2.24, 2.45) is 0 Å². The number of hydrogen-bond acceptors (Lipinski definition) is 7. The second-order valence-corrected chi connectivity index (χ2v) is 6.67. The number of fused-ring (bicyclic) bond motifs is 1. The summed E-state index contributed by atoms with van der Waals surface area (Å²) in [5.41, 5.74) is 2.22. The van der Waals surface area contributed by atoms with E-state index in [1.165, 1.54) is 28.0 Å². The Kier molecular flexibility index (Phi) is 4.45. The molecule has 0 fully saturated rings. The number of nitro groups is 1. The summed E-state index contributed by atoms with van der Waals surface area (Å²) in [4.78, 5) is 38.8. The van der Waals surface area contributed by atoms with E-state index in [1.54, 1.807) is 41.8 Å². The van der Waals surface area contributed by atoms with Gasteiger partial charge in [-0.15, -0.1) is 11.3 Å². The van der Waals surface area contributed by atoms with E-state index in [9.17, 15) is 19.7 Å². The quantitative estimate of drug-likeness (QED) is 0.408. The lowest BCUT2D eigenvalue weighted by molar-refractivity contribution is -0.384. The molecule has 9 nitrogen and oxygen atoms in total. The molecule has 4 rings (SSSR count). The molecule has 0 atom stereocenters. The molecular formula is C18H12N4O5S. The number of para-hydroxylation sites is 2. The Hall–Kier alpha value is -3.79. The van der Waals surface area contributed by atoms with Gasteiger partial charge >= 0.3 is 5.76 Å². The number of benzene rings is 2. The number of amides is 1. The average molecular weight is 396 g/mol. The number of nitrogens with zero attached hydrogens (tertiary/aromatic N) is 3. The van der Waals surface area contributed by atoms with Crippen LogP contribution in [0.3, 0.4) is 0 Å². The molecule has 2 heterocycles. The average Bonchev–Trinajstić information content (AvgIpc) is 3.27. The van der Waals surface area contributed by atoms with Gasteiger partial charge in [0.05, 0.1) is 16.1 Å². The Balaban J connectivity index is 1.49. The molecule has 0 spiro atoms. The van der Waals surface area contributed by atoms with E-state index in [2.05, 4.69) is 10.3 Å². The van der Waals surface area contributed by atoms with Crippen LogP contribution in [0.4, 0.5) is 10.8 Å². The number of oxazole rings is 1. The molecule has 1 N–H and O–H groups in total. The fraction of sp³-hybridized carbons (Fsp3) is 0.0556. The Morgan fingerprint density at radius 3 is 2.71 bits per heavy atom. The van der Waals surface area contributed by atoms with Crippen molar-refractivity contribution >= 4 is 39.2 Å². The molecule has 2 aromatic heterocycles. The molecule has 0 aliphatic carbocycles. The van der Waals surface area contributed by atoms with Gasteiger partial charge in [0, 0.05) is 23.1 Å². The predicted molar refractivity (Wildman–Crippen MR) is 103 cm³/mol. The summed E-state index contributed by atoms with van der Waals surface area (Å²) in [6, 6.07) is 12.8. The van der Waals surface area contributed by atoms with Crippen molar-refractivity contribution in [2.45, 2.75) is 6.54 Å². The van der Waals surface area contributed by atoms with E-state index in [4.69, 9.17) is 4.42 Å². The van der Waals surface area contributed by atoms with E-state index in [0.717, 1.165) is 0 Å². The van der Waals surface area contributed by atoms with Crippen LogP contribution in [0.2, 0.25) is 0 Å². The van der Waals surface area contributed by atoms with Crippen molar-refractivity contribution < 1.29 is 14.1 Å². The number of non-ortho nitro benzene ring substituents is 1. The summed E-state index contributed by atoms with van der Waals surface area (Å²) in [6.07, 6.45) is 0. The second-order valence-electron chi connectivity index (χ2n) is 5.81. The highest BCUT2D eigenvalue weighted by Gasteiger charge is 2.14. The summed E-state index contributed by atoms with van der Waals surface area (Å²) in [7, 11) is 0. The standard InChI is InChI=1S/C18H12N4O5S/c23-16(9-21-14-3-1-2-4-15(14)27-18(21)24)20-17-19-13(10-28-17)11-5-7-12(8-6-11)22(25)26/h1-8,10H,9H2,(H,19,20,23). The van der Waals surface area contributed by atoms with Crippen LogP contribution in [0.25, 0.3) is 22.4 Å². The van der Waals surface area contributed by atoms with Crippen LogP contribution in [0.5, 0.6) is 0 Å². The lowest BCUT2D eigenvalue weighted by Crippen LogP contribution is -2.24. The van der Waals surface area contributed by atoms with Crippen molar-refractivity contribution in [2.75, 3.05) is 5.32 Å². The molecule has 1 amide bonds. The third-order valence-electron chi connectivity index (χ3n) is 4.00. The highest BCUT2D eigenvalue weighted by molar-refractivity contribution is 7.14. The first-order valence-corrected chi connectivity index (χ1v) is 8.98. The maximum Gasteiger partial charge on any atom is 0.420 e. The zero-order valence-electron chi connectivity index (χ0n) is 14.2. The predicted octanol–water partition coefficient (Wildman–Crippen LogP) is 3.26. The van der Waals surface area contributed by atoms with Crippen LogP contribution in [0.15, 0.2) is 63.1 Å². The normalized spacial score (nSPS) is 10.9. The molecule has 28 heavy (non-hydrogen) atoms. The largest absolute Gasteiger partial charge is 0.420 e. The van der Waals surface area contributed by atoms with Gasteiger partial charge in [-0.05, 0) is 24.3 Å². The van der Waals surface area contributed by atoms with Crippen LogP contribution in [-0.2, 0) is 11.3 Å². The number of nitro benzene ring substituents is 1. The van der Waals surface area contributed by atoms with Crippen molar-refractivity contribution in [1.29, 1.82) is 0 Å². The number of anilines is 1. The van der Waals surface area contributed by atoms with Crippen LogP contribution in [0.1, 0.15) is 0 Å². The summed E-state index contributed by atoms with van der Waals surface area (Å²) in [5.74, 6) is -1.03. The Morgan fingerprint density at radius 2 is 1.96 bits per heavy atom. The minimum Gasteiger partial charge on any atom is -0.408 e. The molecular weight excluding hydrogens is 384 g/mol. The third-order valence-corrected chi connectivity index (χ3v) is 4.76. The number of nitrogens with one attached hydrogen (secondary N) is 1. The number of carbonyl (C=O) groups is 1. The van der Waals surface area contributed by atoms with Gasteiger partial charge < -0.3 is 9.73 Å². The maximum atomic E-state index is 12.3. The number of aromatic nitrogens is 2. The summed E-state index contributed by atoms with van der Waals surface area (Å²) in [5, 5.41) is 15.5. The van der Waals surface area contributed by atoms with Gasteiger partial charge in [0.2, 0.25) is 5.91 Å². The molecule has 140 valence electrons. The first kappa shape index (κ1) is 17.6. The van der Waals surface area contributed by atoms with E-state index in [0.29, 0.717) is 27.5 Å². The summed E-state index contributed by atoms with van der Waals surface area (Å²) < 4.78 is 6.35. The van der Waals surface area contributed by atoms with Crippen molar-refractivity contribution in [3.63, 3.8) is 0 Å². The minimum absolute atomic E-state index is 0.00899. The van der Waals surface area contributed by atoms with Crippen LogP contribution in [0, 0.1) is 10.1 Å². The Labute approximate surface area is 161 Å². The number of thiazole rings is 1. The molecule has 0 unspecified atom stereocenters. The number of rotatable bonds is 5. The van der Waals surface area contributed by atoms with Crippen LogP contribution in [-0.4, -0.2) is 20.4 Å². The fourth-order valence-electron chi connectivity index (χ4n) is 2.68. The number of carbonyl (C=O) groups excluding carboxylic acids is 1. The molecule has 4 aromatic rings. The molecule has 0 saturated carbocycles. The summed E-state index contributed by atoms with van der Waals surface area (Å²) >= 11 is 1.22. The molecule has 10 heteroatoms. The minimum atomic E-state index is -0.609. The molecule has 2 aromatic carbocycles. The van der Waals surface area contributed by atoms with Crippen LogP contribution < -0.4 is 11.1 Å². The first-order chi connectivity index (χ1) is 13.5. The van der Waals surface area contributed by atoms with Gasteiger partial charge in [0.1, 0.15) is 6.54 Å². The molecule has 0 aliphatic rings. The van der Waals surface area contributed by atoms with E-state index >= 15 is 0 Å². The lowest BCUT2D eigenvalue weighted by Gasteiger charge is -2.02. The smallest absolute Gasteiger partial charge is 0.408 e. The molecule has 0 bridgehead atoms. The topological polar surface area (TPSA) is 120 Å². The van der Waals surface area contributed by atoms with Crippen LogP contribution >= 0.6 is 11.3 Å². The van der Waals surface area contributed by atoms with Gasteiger partial charge in [0.25, 0.3) is 5.69 Å². The first-order valence-electron chi connectivity index (χ1n) is 8.10.